The number of hydrogen-bond acceptors (Lipinski definition) is 2. The Morgan fingerprint density at radius 3 is 2.06 bits per heavy atom. The molecule has 0 spiro atoms. The molecule has 4 heteroatoms. The highest BCUT2D eigenvalue weighted by Crippen LogP contribution is 2.01. The summed E-state index contributed by atoms with van der Waals surface area (Å²) in [6, 6.07) is 0.00940. The van der Waals surface area contributed by atoms with E-state index in [-0.39, 0.29) is 23.8 Å². The molecule has 0 rings (SSSR count). The first-order valence-electron chi connectivity index (χ1n) is 5.95. The van der Waals surface area contributed by atoms with Gasteiger partial charge in [-0.05, 0) is 5.92 Å². The topological polar surface area (TPSA) is 58.2 Å². The molecule has 0 aliphatic carbocycles. The van der Waals surface area contributed by atoms with Crippen LogP contribution in [0.3, 0.4) is 0 Å². The van der Waals surface area contributed by atoms with E-state index in [9.17, 15) is 9.59 Å². The SMILES string of the molecule is CCC(=O)N[C@@H](CNC(=O)C(C)C)C(C)C. The van der Waals surface area contributed by atoms with E-state index in [0.717, 1.165) is 0 Å². The van der Waals surface area contributed by atoms with Gasteiger partial charge in [0.1, 0.15) is 0 Å². The van der Waals surface area contributed by atoms with Gasteiger partial charge in [0, 0.05) is 24.9 Å². The standard InChI is InChI=1S/C12H24N2O2/c1-6-11(15)14-10(8(2)3)7-13-12(16)9(4)5/h8-10H,6-7H2,1-5H3,(H,13,16)(H,14,15)/t10-/m0/s1. The highest BCUT2D eigenvalue weighted by molar-refractivity contribution is 5.78. The average molecular weight is 228 g/mol. The molecule has 0 saturated carbocycles. The van der Waals surface area contributed by atoms with Gasteiger partial charge in [-0.25, -0.2) is 0 Å². The smallest absolute Gasteiger partial charge is 0.222 e. The van der Waals surface area contributed by atoms with Crippen LogP contribution in [0, 0.1) is 11.8 Å². The van der Waals surface area contributed by atoms with Crippen molar-refractivity contribution >= 4 is 11.8 Å². The molecule has 4 nitrogen and oxygen atoms in total. The fourth-order valence-electron chi connectivity index (χ4n) is 1.18. The second-order valence-corrected chi connectivity index (χ2v) is 4.67. The Balaban J connectivity index is 4.14. The molecule has 0 aromatic carbocycles. The Labute approximate surface area is 98.2 Å². The summed E-state index contributed by atoms with van der Waals surface area (Å²) in [4.78, 5) is 22.7. The van der Waals surface area contributed by atoms with Crippen molar-refractivity contribution in [2.45, 2.75) is 47.1 Å². The molecule has 0 heterocycles. The summed E-state index contributed by atoms with van der Waals surface area (Å²) in [6.07, 6.45) is 0.474. The van der Waals surface area contributed by atoms with Crippen molar-refractivity contribution in [2.75, 3.05) is 6.54 Å². The molecule has 0 radical (unpaired) electrons. The number of hydrogen-bond donors (Lipinski definition) is 2. The molecule has 0 aliphatic heterocycles. The van der Waals surface area contributed by atoms with Crippen LogP contribution in [0.1, 0.15) is 41.0 Å². The van der Waals surface area contributed by atoms with Crippen molar-refractivity contribution in [3.63, 3.8) is 0 Å². The summed E-state index contributed by atoms with van der Waals surface area (Å²) in [5.74, 6) is 0.339. The van der Waals surface area contributed by atoms with E-state index in [1.165, 1.54) is 0 Å². The van der Waals surface area contributed by atoms with Gasteiger partial charge < -0.3 is 10.6 Å². The Morgan fingerprint density at radius 2 is 1.69 bits per heavy atom. The van der Waals surface area contributed by atoms with Gasteiger partial charge in [0.15, 0.2) is 0 Å². The second kappa shape index (κ2) is 7.25. The van der Waals surface area contributed by atoms with Crippen LogP contribution >= 0.6 is 0 Å². The molecule has 0 saturated heterocycles. The van der Waals surface area contributed by atoms with Crippen LogP contribution in [0.2, 0.25) is 0 Å². The van der Waals surface area contributed by atoms with Crippen molar-refractivity contribution in [3.8, 4) is 0 Å². The van der Waals surface area contributed by atoms with Crippen molar-refractivity contribution in [1.82, 2.24) is 10.6 Å². The van der Waals surface area contributed by atoms with Crippen molar-refractivity contribution in [3.05, 3.63) is 0 Å². The van der Waals surface area contributed by atoms with Gasteiger partial charge in [0.25, 0.3) is 0 Å². The molecule has 2 amide bonds. The first-order chi connectivity index (χ1) is 7.38. The van der Waals surface area contributed by atoms with Gasteiger partial charge >= 0.3 is 0 Å². The lowest BCUT2D eigenvalue weighted by molar-refractivity contribution is -0.125. The van der Waals surface area contributed by atoms with E-state index >= 15 is 0 Å². The van der Waals surface area contributed by atoms with Crippen LogP contribution < -0.4 is 10.6 Å². The van der Waals surface area contributed by atoms with Gasteiger partial charge in [-0.15, -0.1) is 0 Å². The molecule has 0 aromatic rings. The van der Waals surface area contributed by atoms with E-state index in [0.29, 0.717) is 18.9 Å². The normalized spacial score (nSPS) is 12.7. The van der Waals surface area contributed by atoms with Crippen LogP contribution in [-0.2, 0) is 9.59 Å². The molecule has 0 aromatic heterocycles. The molecule has 2 N–H and O–H groups in total. The minimum Gasteiger partial charge on any atom is -0.354 e. The van der Waals surface area contributed by atoms with Crippen molar-refractivity contribution in [1.29, 1.82) is 0 Å². The second-order valence-electron chi connectivity index (χ2n) is 4.67. The van der Waals surface area contributed by atoms with E-state index in [2.05, 4.69) is 10.6 Å². The molecule has 94 valence electrons. The summed E-state index contributed by atoms with van der Waals surface area (Å²) in [6.45, 7) is 10.1. The zero-order valence-corrected chi connectivity index (χ0v) is 11.0. The largest absolute Gasteiger partial charge is 0.354 e. The third kappa shape index (κ3) is 5.73. The fraction of sp³-hybridized carbons (Fsp3) is 0.833. The molecule has 16 heavy (non-hydrogen) atoms. The summed E-state index contributed by atoms with van der Waals surface area (Å²) in [5.41, 5.74) is 0. The zero-order chi connectivity index (χ0) is 12.7. The van der Waals surface area contributed by atoms with Crippen LogP contribution in [0.4, 0.5) is 0 Å². The van der Waals surface area contributed by atoms with Gasteiger partial charge in [-0.2, -0.15) is 0 Å². The number of nitrogens with one attached hydrogen (secondary N) is 2. The monoisotopic (exact) mass is 228 g/mol. The lowest BCUT2D eigenvalue weighted by Gasteiger charge is -2.23. The quantitative estimate of drug-likeness (QED) is 0.720. The van der Waals surface area contributed by atoms with E-state index in [4.69, 9.17) is 0 Å². The molecule has 0 fully saturated rings. The fourth-order valence-corrected chi connectivity index (χ4v) is 1.18. The van der Waals surface area contributed by atoms with E-state index in [1.807, 2.05) is 34.6 Å². The first-order valence-corrected chi connectivity index (χ1v) is 5.95. The Kier molecular flexibility index (Phi) is 6.77. The lowest BCUT2D eigenvalue weighted by atomic mass is 10.0. The summed E-state index contributed by atoms with van der Waals surface area (Å²) in [5, 5.41) is 5.75. The number of rotatable bonds is 6. The van der Waals surface area contributed by atoms with Crippen LogP contribution in [0.5, 0.6) is 0 Å². The highest BCUT2D eigenvalue weighted by Gasteiger charge is 2.17. The van der Waals surface area contributed by atoms with Gasteiger partial charge in [0.2, 0.25) is 11.8 Å². The molecule has 1 atom stereocenters. The number of carbonyl (C=O) groups excluding carboxylic acids is 2. The van der Waals surface area contributed by atoms with E-state index < -0.39 is 0 Å². The minimum absolute atomic E-state index is 0.00940. The maximum atomic E-state index is 11.4. The average Bonchev–Trinajstić information content (AvgIpc) is 2.22. The third-order valence-electron chi connectivity index (χ3n) is 2.49. The maximum Gasteiger partial charge on any atom is 0.222 e. The van der Waals surface area contributed by atoms with Crippen molar-refractivity contribution < 1.29 is 9.59 Å². The Hall–Kier alpha value is -1.06. The van der Waals surface area contributed by atoms with Gasteiger partial charge in [0.05, 0.1) is 0 Å². The Bertz CT molecular complexity index is 237. The van der Waals surface area contributed by atoms with Crippen molar-refractivity contribution in [2.24, 2.45) is 11.8 Å². The minimum atomic E-state index is -0.0188. The molecule has 0 bridgehead atoms. The number of amides is 2. The highest BCUT2D eigenvalue weighted by atomic mass is 16.2. The van der Waals surface area contributed by atoms with Crippen LogP contribution in [0.25, 0.3) is 0 Å². The van der Waals surface area contributed by atoms with Crippen LogP contribution in [-0.4, -0.2) is 24.4 Å². The van der Waals surface area contributed by atoms with E-state index in [1.54, 1.807) is 0 Å². The summed E-state index contributed by atoms with van der Waals surface area (Å²) in [7, 11) is 0. The predicted molar refractivity (Wildman–Crippen MR) is 64.9 cm³/mol. The third-order valence-corrected chi connectivity index (χ3v) is 2.49. The summed E-state index contributed by atoms with van der Waals surface area (Å²) >= 11 is 0. The molecule has 0 aliphatic rings. The zero-order valence-electron chi connectivity index (χ0n) is 11.0. The predicted octanol–water partition coefficient (Wildman–Crippen LogP) is 1.31. The Morgan fingerprint density at radius 1 is 1.12 bits per heavy atom. The van der Waals surface area contributed by atoms with Gasteiger partial charge in [-0.3, -0.25) is 9.59 Å². The molecular formula is C12H24N2O2. The number of carbonyl (C=O) groups is 2. The summed E-state index contributed by atoms with van der Waals surface area (Å²) < 4.78 is 0. The first kappa shape index (κ1) is 14.9. The maximum absolute atomic E-state index is 11.4. The lowest BCUT2D eigenvalue weighted by Crippen LogP contribution is -2.47. The molecule has 0 unspecified atom stereocenters. The molecular weight excluding hydrogens is 204 g/mol. The van der Waals surface area contributed by atoms with Gasteiger partial charge in [-0.1, -0.05) is 34.6 Å². The van der Waals surface area contributed by atoms with Crippen LogP contribution in [0.15, 0.2) is 0 Å².